The third-order valence-corrected chi connectivity index (χ3v) is 6.23. The lowest BCUT2D eigenvalue weighted by Gasteiger charge is -2.36. The summed E-state index contributed by atoms with van der Waals surface area (Å²) in [6, 6.07) is 8.03. The van der Waals surface area contributed by atoms with E-state index in [0.29, 0.717) is 42.6 Å². The molecule has 8 nitrogen and oxygen atoms in total. The first-order valence-corrected chi connectivity index (χ1v) is 11.8. The SMILES string of the molecule is COc1c(F)c(F)c(C(=O)NC(=S)Nc2ccc(N3CCN(C(=O)c4ccco4)CC3)c(Cl)c2)c(F)c1F. The van der Waals surface area contributed by atoms with Crippen LogP contribution in [-0.2, 0) is 0 Å². The van der Waals surface area contributed by atoms with Gasteiger partial charge in [-0.1, -0.05) is 11.6 Å². The molecule has 2 amide bonds. The summed E-state index contributed by atoms with van der Waals surface area (Å²) in [5.74, 6) is -10.3. The zero-order chi connectivity index (χ0) is 27.6. The number of carbonyl (C=O) groups is 2. The van der Waals surface area contributed by atoms with Gasteiger partial charge in [0.05, 0.1) is 24.1 Å². The van der Waals surface area contributed by atoms with E-state index in [1.165, 1.54) is 12.3 Å². The molecule has 2 heterocycles. The van der Waals surface area contributed by atoms with Crippen molar-refractivity contribution in [1.82, 2.24) is 10.2 Å². The van der Waals surface area contributed by atoms with Crippen molar-refractivity contribution < 1.29 is 36.3 Å². The van der Waals surface area contributed by atoms with E-state index in [4.69, 9.17) is 28.2 Å². The maximum absolute atomic E-state index is 14.2. The normalized spacial score (nSPS) is 13.3. The average Bonchev–Trinajstić information content (AvgIpc) is 3.43. The monoisotopic (exact) mass is 570 g/mol. The van der Waals surface area contributed by atoms with Crippen LogP contribution >= 0.6 is 23.8 Å². The summed E-state index contributed by atoms with van der Waals surface area (Å²) in [4.78, 5) is 28.4. The largest absolute Gasteiger partial charge is 0.491 e. The Kier molecular flexibility index (Phi) is 8.07. The van der Waals surface area contributed by atoms with E-state index < -0.39 is 45.6 Å². The van der Waals surface area contributed by atoms with E-state index in [1.807, 2.05) is 10.2 Å². The molecule has 200 valence electrons. The van der Waals surface area contributed by atoms with E-state index in [9.17, 15) is 27.2 Å². The highest BCUT2D eigenvalue weighted by atomic mass is 35.5. The Balaban J connectivity index is 1.38. The molecule has 0 radical (unpaired) electrons. The van der Waals surface area contributed by atoms with Gasteiger partial charge in [0, 0.05) is 31.9 Å². The highest BCUT2D eigenvalue weighted by Crippen LogP contribution is 2.31. The predicted molar refractivity (Wildman–Crippen MR) is 135 cm³/mol. The van der Waals surface area contributed by atoms with Gasteiger partial charge in [-0.15, -0.1) is 0 Å². The Morgan fingerprint density at radius 3 is 2.24 bits per heavy atom. The third-order valence-electron chi connectivity index (χ3n) is 5.73. The molecule has 0 atom stereocenters. The number of hydrogen-bond acceptors (Lipinski definition) is 6. The minimum Gasteiger partial charge on any atom is -0.491 e. The molecule has 2 N–H and O–H groups in total. The van der Waals surface area contributed by atoms with E-state index in [2.05, 4.69) is 10.1 Å². The number of piperazine rings is 1. The van der Waals surface area contributed by atoms with E-state index >= 15 is 0 Å². The zero-order valence-corrected chi connectivity index (χ0v) is 21.2. The number of furan rings is 1. The van der Waals surface area contributed by atoms with Crippen molar-refractivity contribution in [2.24, 2.45) is 0 Å². The molecule has 1 fully saturated rings. The Labute approximate surface area is 224 Å². The van der Waals surface area contributed by atoms with Crippen LogP contribution in [0.5, 0.6) is 5.75 Å². The number of anilines is 2. The number of hydrogen-bond donors (Lipinski definition) is 2. The first kappa shape index (κ1) is 27.2. The van der Waals surface area contributed by atoms with Crippen LogP contribution in [-0.4, -0.2) is 55.1 Å². The molecule has 0 unspecified atom stereocenters. The van der Waals surface area contributed by atoms with Crippen molar-refractivity contribution in [2.45, 2.75) is 0 Å². The second-order valence-electron chi connectivity index (χ2n) is 8.00. The molecular formula is C24H19ClF4N4O4S. The standard InChI is InChI=1S/C24H19ClF4N4O4S/c1-36-21-19(28)17(26)16(18(27)20(21)29)22(34)31-24(38)30-12-4-5-14(13(25)11-12)32-6-8-33(9-7-32)23(35)15-3-2-10-37-15/h2-5,10-11H,6-9H2,1H3,(H2,30,31,34,38). The van der Waals surface area contributed by atoms with Crippen molar-refractivity contribution in [3.63, 3.8) is 0 Å². The van der Waals surface area contributed by atoms with E-state index in [1.54, 1.807) is 29.2 Å². The number of halogens is 5. The molecule has 3 aromatic rings. The lowest BCUT2D eigenvalue weighted by molar-refractivity contribution is 0.0714. The molecule has 14 heteroatoms. The fraction of sp³-hybridized carbons (Fsp3) is 0.208. The molecule has 0 spiro atoms. The second-order valence-corrected chi connectivity index (χ2v) is 8.81. The van der Waals surface area contributed by atoms with Crippen molar-refractivity contribution in [3.8, 4) is 5.75 Å². The van der Waals surface area contributed by atoms with Crippen molar-refractivity contribution in [2.75, 3.05) is 43.5 Å². The van der Waals surface area contributed by atoms with Crippen LogP contribution in [0.1, 0.15) is 20.9 Å². The summed E-state index contributed by atoms with van der Waals surface area (Å²) in [5.41, 5.74) is -0.489. The molecule has 2 aromatic carbocycles. The van der Waals surface area contributed by atoms with Gasteiger partial charge in [-0.25, -0.2) is 8.78 Å². The lowest BCUT2D eigenvalue weighted by Crippen LogP contribution is -2.48. The molecular weight excluding hydrogens is 552 g/mol. The maximum Gasteiger partial charge on any atom is 0.289 e. The van der Waals surface area contributed by atoms with Gasteiger partial charge in [0.25, 0.3) is 11.8 Å². The zero-order valence-electron chi connectivity index (χ0n) is 19.6. The lowest BCUT2D eigenvalue weighted by atomic mass is 10.1. The van der Waals surface area contributed by atoms with Crippen LogP contribution in [0.3, 0.4) is 0 Å². The molecule has 0 saturated carbocycles. The van der Waals surface area contributed by atoms with E-state index in [-0.39, 0.29) is 11.7 Å². The summed E-state index contributed by atoms with van der Waals surface area (Å²) in [7, 11) is 0.818. The number of amides is 2. The van der Waals surface area contributed by atoms with Crippen molar-refractivity contribution in [3.05, 3.63) is 76.2 Å². The Hall–Kier alpha value is -3.84. The number of rotatable bonds is 5. The molecule has 1 saturated heterocycles. The Morgan fingerprint density at radius 2 is 1.68 bits per heavy atom. The van der Waals surface area contributed by atoms with Crippen molar-refractivity contribution >= 4 is 52.1 Å². The molecule has 1 aliphatic rings. The van der Waals surface area contributed by atoms with Crippen molar-refractivity contribution in [1.29, 1.82) is 0 Å². The number of nitrogens with zero attached hydrogens (tertiary/aromatic N) is 2. The summed E-state index contributed by atoms with van der Waals surface area (Å²) in [6.45, 7) is 1.93. The minimum atomic E-state index is -1.93. The van der Waals surface area contributed by atoms with Crippen LogP contribution in [0.4, 0.5) is 28.9 Å². The van der Waals surface area contributed by atoms with Gasteiger partial charge in [0.1, 0.15) is 5.56 Å². The summed E-state index contributed by atoms with van der Waals surface area (Å²) in [5, 5.41) is 4.51. The molecule has 38 heavy (non-hydrogen) atoms. The van der Waals surface area contributed by atoms with Crippen LogP contribution in [0.25, 0.3) is 0 Å². The predicted octanol–water partition coefficient (Wildman–Crippen LogP) is 4.59. The Morgan fingerprint density at radius 1 is 1.03 bits per heavy atom. The fourth-order valence-electron chi connectivity index (χ4n) is 3.87. The van der Waals surface area contributed by atoms with Gasteiger partial charge in [0.15, 0.2) is 28.3 Å². The topological polar surface area (TPSA) is 87.0 Å². The number of carbonyl (C=O) groups excluding carboxylic acids is 2. The van der Waals surface area contributed by atoms with Gasteiger partial charge in [-0.05, 0) is 42.5 Å². The minimum absolute atomic E-state index is 0.198. The van der Waals surface area contributed by atoms with Gasteiger partial charge in [0.2, 0.25) is 11.6 Å². The molecule has 1 aliphatic heterocycles. The highest BCUT2D eigenvalue weighted by Gasteiger charge is 2.30. The van der Waals surface area contributed by atoms with Crippen LogP contribution < -0.4 is 20.3 Å². The highest BCUT2D eigenvalue weighted by molar-refractivity contribution is 7.80. The first-order valence-electron chi connectivity index (χ1n) is 11.0. The van der Waals surface area contributed by atoms with Gasteiger partial charge >= 0.3 is 0 Å². The number of thiocarbonyl (C=S) groups is 1. The third kappa shape index (κ3) is 5.38. The van der Waals surface area contributed by atoms with Crippen LogP contribution in [0, 0.1) is 23.3 Å². The van der Waals surface area contributed by atoms with Crippen LogP contribution in [0.2, 0.25) is 5.02 Å². The quantitative estimate of drug-likeness (QED) is 0.264. The Bertz CT molecular complexity index is 1370. The first-order chi connectivity index (χ1) is 18.1. The van der Waals surface area contributed by atoms with Gasteiger partial charge in [-0.3, -0.25) is 14.9 Å². The molecule has 0 aliphatic carbocycles. The second kappa shape index (κ2) is 11.3. The number of nitrogens with one attached hydrogen (secondary N) is 2. The van der Waals surface area contributed by atoms with Crippen LogP contribution in [0.15, 0.2) is 41.0 Å². The maximum atomic E-state index is 14.2. The van der Waals surface area contributed by atoms with E-state index in [0.717, 1.165) is 7.11 Å². The molecule has 0 bridgehead atoms. The number of methoxy groups -OCH3 is 1. The molecule has 1 aromatic heterocycles. The summed E-state index contributed by atoms with van der Waals surface area (Å²) in [6.07, 6.45) is 1.44. The summed E-state index contributed by atoms with van der Waals surface area (Å²) >= 11 is 11.4. The smallest absolute Gasteiger partial charge is 0.289 e. The van der Waals surface area contributed by atoms with Gasteiger partial charge < -0.3 is 24.3 Å². The summed E-state index contributed by atoms with van der Waals surface area (Å²) < 4.78 is 65.7. The number of benzene rings is 2. The molecule has 4 rings (SSSR count). The van der Waals surface area contributed by atoms with Gasteiger partial charge in [-0.2, -0.15) is 8.78 Å². The number of ether oxygens (including phenoxy) is 1. The fourth-order valence-corrected chi connectivity index (χ4v) is 4.38. The average molecular weight is 571 g/mol.